The smallest absolute Gasteiger partial charge is 0.308 e. The van der Waals surface area contributed by atoms with Crippen LogP contribution in [0.4, 0.5) is 0 Å². The lowest BCUT2D eigenvalue weighted by Crippen LogP contribution is -2.46. The molecule has 114 valence electrons. The first-order chi connectivity index (χ1) is 10.2. The summed E-state index contributed by atoms with van der Waals surface area (Å²) in [7, 11) is 1.35. The molecule has 1 fully saturated rings. The molecule has 0 spiro atoms. The molecule has 1 aromatic rings. The molecule has 1 unspecified atom stereocenters. The largest absolute Gasteiger partial charge is 0.469 e. The van der Waals surface area contributed by atoms with Crippen molar-refractivity contribution >= 4 is 11.9 Å². The van der Waals surface area contributed by atoms with E-state index >= 15 is 0 Å². The fraction of sp³-hybridized carbons (Fsp3) is 0.533. The molecule has 0 aromatic carbocycles. The van der Waals surface area contributed by atoms with Gasteiger partial charge >= 0.3 is 5.97 Å². The number of aromatic nitrogens is 1. The Bertz CT molecular complexity index is 478. The maximum atomic E-state index is 12.2. The highest BCUT2D eigenvalue weighted by Crippen LogP contribution is 2.12. The van der Waals surface area contributed by atoms with Gasteiger partial charge in [0.2, 0.25) is 5.91 Å². The standard InChI is InChI=1S/C15H20N2O4/c1-20-15(19)9-13-11-17(7-8-21-13)14(18)5-4-12-3-2-6-16-10-12/h2-3,6,10,13H,4-5,7-9,11H2,1H3. The van der Waals surface area contributed by atoms with Crippen molar-refractivity contribution in [1.29, 1.82) is 0 Å². The molecule has 0 N–H and O–H groups in total. The van der Waals surface area contributed by atoms with Crippen LogP contribution in [0.25, 0.3) is 0 Å². The second-order valence-corrected chi connectivity index (χ2v) is 4.97. The summed E-state index contributed by atoms with van der Waals surface area (Å²) < 4.78 is 10.1. The van der Waals surface area contributed by atoms with Crippen molar-refractivity contribution in [3.05, 3.63) is 30.1 Å². The molecule has 6 heteroatoms. The zero-order valence-corrected chi connectivity index (χ0v) is 12.2. The van der Waals surface area contributed by atoms with E-state index in [0.717, 1.165) is 5.56 Å². The predicted octanol–water partition coefficient (Wildman–Crippen LogP) is 0.805. The van der Waals surface area contributed by atoms with Crippen molar-refractivity contribution in [3.8, 4) is 0 Å². The highest BCUT2D eigenvalue weighted by atomic mass is 16.5. The van der Waals surface area contributed by atoms with Gasteiger partial charge in [0.05, 0.1) is 26.2 Å². The van der Waals surface area contributed by atoms with Crippen LogP contribution in [0.1, 0.15) is 18.4 Å². The molecule has 6 nitrogen and oxygen atoms in total. The molecule has 0 radical (unpaired) electrons. The Morgan fingerprint density at radius 1 is 1.52 bits per heavy atom. The van der Waals surface area contributed by atoms with Crippen molar-refractivity contribution in [2.24, 2.45) is 0 Å². The Morgan fingerprint density at radius 3 is 3.10 bits per heavy atom. The first-order valence-electron chi connectivity index (χ1n) is 7.04. The summed E-state index contributed by atoms with van der Waals surface area (Å²) in [5.41, 5.74) is 1.05. The van der Waals surface area contributed by atoms with E-state index in [2.05, 4.69) is 9.72 Å². The molecule has 2 heterocycles. The molecule has 2 rings (SSSR count). The summed E-state index contributed by atoms with van der Waals surface area (Å²) in [6.45, 7) is 1.48. The van der Waals surface area contributed by atoms with Crippen LogP contribution in [-0.2, 0) is 25.5 Å². The molecular formula is C15H20N2O4. The SMILES string of the molecule is COC(=O)CC1CN(C(=O)CCc2cccnc2)CCO1. The molecular weight excluding hydrogens is 272 g/mol. The summed E-state index contributed by atoms with van der Waals surface area (Å²) in [6, 6.07) is 3.82. The molecule has 1 aliphatic rings. The summed E-state index contributed by atoms with van der Waals surface area (Å²) in [5.74, 6) is -0.235. The second-order valence-electron chi connectivity index (χ2n) is 4.97. The van der Waals surface area contributed by atoms with Crippen LogP contribution >= 0.6 is 0 Å². The third kappa shape index (κ3) is 4.82. The Morgan fingerprint density at radius 2 is 2.38 bits per heavy atom. The van der Waals surface area contributed by atoms with Gasteiger partial charge in [0, 0.05) is 31.9 Å². The van der Waals surface area contributed by atoms with Crippen molar-refractivity contribution in [3.63, 3.8) is 0 Å². The summed E-state index contributed by atoms with van der Waals surface area (Å²) >= 11 is 0. The monoisotopic (exact) mass is 292 g/mol. The van der Waals surface area contributed by atoms with Crippen molar-refractivity contribution in [1.82, 2.24) is 9.88 Å². The van der Waals surface area contributed by atoms with Crippen molar-refractivity contribution in [2.45, 2.75) is 25.4 Å². The van der Waals surface area contributed by atoms with Crippen LogP contribution in [0, 0.1) is 0 Å². The number of rotatable bonds is 5. The number of pyridine rings is 1. The number of morpholine rings is 1. The van der Waals surface area contributed by atoms with E-state index < -0.39 is 0 Å². The highest BCUT2D eigenvalue weighted by Gasteiger charge is 2.25. The van der Waals surface area contributed by atoms with Gasteiger partial charge in [0.25, 0.3) is 0 Å². The van der Waals surface area contributed by atoms with Gasteiger partial charge in [-0.2, -0.15) is 0 Å². The van der Waals surface area contributed by atoms with E-state index in [9.17, 15) is 9.59 Å². The first kappa shape index (κ1) is 15.4. The van der Waals surface area contributed by atoms with Crippen LogP contribution in [0.2, 0.25) is 0 Å². The van der Waals surface area contributed by atoms with Gasteiger partial charge in [-0.3, -0.25) is 14.6 Å². The maximum Gasteiger partial charge on any atom is 0.308 e. The third-order valence-corrected chi connectivity index (χ3v) is 3.46. The van der Waals surface area contributed by atoms with Crippen LogP contribution in [0.5, 0.6) is 0 Å². The van der Waals surface area contributed by atoms with Crippen molar-refractivity contribution in [2.75, 3.05) is 26.8 Å². The molecule has 21 heavy (non-hydrogen) atoms. The zero-order chi connectivity index (χ0) is 15.1. The molecule has 0 saturated carbocycles. The molecule has 1 aromatic heterocycles. The van der Waals surface area contributed by atoms with Gasteiger partial charge in [0.15, 0.2) is 0 Å². The topological polar surface area (TPSA) is 68.7 Å². The number of carbonyl (C=O) groups excluding carboxylic acids is 2. The molecule has 1 saturated heterocycles. The number of hydrogen-bond acceptors (Lipinski definition) is 5. The van der Waals surface area contributed by atoms with Gasteiger partial charge < -0.3 is 14.4 Å². The lowest BCUT2D eigenvalue weighted by Gasteiger charge is -2.32. The number of nitrogens with zero attached hydrogens (tertiary/aromatic N) is 2. The average molecular weight is 292 g/mol. The van der Waals surface area contributed by atoms with Gasteiger partial charge in [-0.05, 0) is 18.1 Å². The number of hydrogen-bond donors (Lipinski definition) is 0. The van der Waals surface area contributed by atoms with E-state index in [1.54, 1.807) is 17.3 Å². The quantitative estimate of drug-likeness (QED) is 0.751. The van der Waals surface area contributed by atoms with E-state index in [1.165, 1.54) is 7.11 Å². The summed E-state index contributed by atoms with van der Waals surface area (Å²) in [4.78, 5) is 29.3. The third-order valence-electron chi connectivity index (χ3n) is 3.46. The second kappa shape index (κ2) is 7.73. The minimum atomic E-state index is -0.315. The summed E-state index contributed by atoms with van der Waals surface area (Å²) in [6.07, 6.45) is 4.51. The number of amides is 1. The fourth-order valence-corrected chi connectivity index (χ4v) is 2.29. The van der Waals surface area contributed by atoms with E-state index in [0.29, 0.717) is 32.5 Å². The van der Waals surface area contributed by atoms with Gasteiger partial charge in [-0.15, -0.1) is 0 Å². The van der Waals surface area contributed by atoms with E-state index in [1.807, 2.05) is 12.1 Å². The van der Waals surface area contributed by atoms with E-state index in [-0.39, 0.29) is 24.4 Å². The van der Waals surface area contributed by atoms with Crippen LogP contribution in [0.15, 0.2) is 24.5 Å². The van der Waals surface area contributed by atoms with Crippen LogP contribution < -0.4 is 0 Å². The van der Waals surface area contributed by atoms with Gasteiger partial charge in [-0.25, -0.2) is 0 Å². The fourth-order valence-electron chi connectivity index (χ4n) is 2.29. The van der Waals surface area contributed by atoms with Crippen LogP contribution in [0.3, 0.4) is 0 Å². The molecule has 1 atom stereocenters. The normalized spacial score (nSPS) is 18.3. The number of aryl methyl sites for hydroxylation is 1. The predicted molar refractivity (Wildman–Crippen MR) is 75.5 cm³/mol. The molecule has 0 aliphatic carbocycles. The maximum absolute atomic E-state index is 12.2. The highest BCUT2D eigenvalue weighted by molar-refractivity contribution is 5.76. The minimum absolute atomic E-state index is 0.0806. The van der Waals surface area contributed by atoms with Gasteiger partial charge in [-0.1, -0.05) is 6.07 Å². The number of carbonyl (C=O) groups is 2. The first-order valence-corrected chi connectivity index (χ1v) is 7.04. The molecule has 1 aliphatic heterocycles. The summed E-state index contributed by atoms with van der Waals surface area (Å²) in [5, 5.41) is 0. The Labute approximate surface area is 124 Å². The Balaban J connectivity index is 1.80. The zero-order valence-electron chi connectivity index (χ0n) is 12.2. The Kier molecular flexibility index (Phi) is 5.68. The lowest BCUT2D eigenvalue weighted by atomic mass is 10.1. The number of ether oxygens (including phenoxy) is 2. The lowest BCUT2D eigenvalue weighted by molar-refractivity contribution is -0.150. The van der Waals surface area contributed by atoms with Gasteiger partial charge in [0.1, 0.15) is 0 Å². The number of methoxy groups -OCH3 is 1. The molecule has 0 bridgehead atoms. The van der Waals surface area contributed by atoms with Crippen molar-refractivity contribution < 1.29 is 19.1 Å². The van der Waals surface area contributed by atoms with E-state index in [4.69, 9.17) is 4.74 Å². The number of esters is 1. The Hall–Kier alpha value is -1.95. The minimum Gasteiger partial charge on any atom is -0.469 e. The molecule has 1 amide bonds. The average Bonchev–Trinajstić information content (AvgIpc) is 2.53. The van der Waals surface area contributed by atoms with Crippen LogP contribution in [-0.4, -0.2) is 54.7 Å².